The number of carbonyl (C=O) groups excluding carboxylic acids is 2. The molecule has 0 radical (unpaired) electrons. The monoisotopic (exact) mass is 1310 g/mol. The number of allylic oxidation sites excluding steroid dienone is 6. The molecular weight excluding hydrogens is 1230 g/mol. The molecule has 0 bridgehead atoms. The number of aryl methyl sites for hydroxylation is 4. The van der Waals surface area contributed by atoms with Crippen LogP contribution in [0.4, 0.5) is 0 Å². The number of nitriles is 4. The first-order valence-electron chi connectivity index (χ1n) is 35.8. The Kier molecular flexibility index (Phi) is 20.1. The van der Waals surface area contributed by atoms with Gasteiger partial charge >= 0.3 is 0 Å². The van der Waals surface area contributed by atoms with Gasteiger partial charge < -0.3 is 0 Å². The third kappa shape index (κ3) is 12.0. The highest BCUT2D eigenvalue weighted by Gasteiger charge is 2.53. The molecule has 0 aliphatic heterocycles. The first-order chi connectivity index (χ1) is 48.1. The summed E-state index contributed by atoms with van der Waals surface area (Å²) in [5.74, 6) is -0.425. The zero-order valence-corrected chi connectivity index (χ0v) is 58.5. The van der Waals surface area contributed by atoms with Gasteiger partial charge in [-0.05, 0) is 177 Å². The lowest BCUT2D eigenvalue weighted by molar-refractivity contribution is 0.103. The minimum absolute atomic E-state index is 0.0957. The highest BCUT2D eigenvalue weighted by atomic mass is 32.1. The van der Waals surface area contributed by atoms with Crippen molar-refractivity contribution in [3.05, 3.63) is 291 Å². The Morgan fingerprint density at radius 1 is 0.347 bits per heavy atom. The van der Waals surface area contributed by atoms with Gasteiger partial charge in [-0.2, -0.15) is 21.0 Å². The smallest absolute Gasteiger partial charge is 0.194 e. The van der Waals surface area contributed by atoms with Crippen molar-refractivity contribution in [2.75, 3.05) is 0 Å². The molecule has 7 aromatic carbocycles. The van der Waals surface area contributed by atoms with Crippen LogP contribution in [-0.2, 0) is 36.5 Å². The number of hydrogen-bond donors (Lipinski definition) is 0. The molecule has 8 heteroatoms. The normalized spacial score (nSPS) is 14.9. The van der Waals surface area contributed by atoms with E-state index in [2.05, 4.69) is 173 Å². The summed E-state index contributed by atoms with van der Waals surface area (Å²) in [4.78, 5) is 33.5. The molecule has 0 fully saturated rings. The molecule has 0 saturated heterocycles. The second-order valence-corrected chi connectivity index (χ2v) is 29.2. The lowest BCUT2D eigenvalue weighted by Gasteiger charge is -2.35. The standard InChI is InChI=1S/C90H82N4O2S2/c1-5-9-13-17-25-59-33-41-65(42-34-59)89(66-43-35-60(36-44-66)26-18-14-10-6-2)79-53-76-80(54-75(79)87-81(89)51-69(97-87)49-77-83(63(55-91)56-92)71-29-21-23-31-73(71)85(77)95)90(67-45-37-61(38-46-67)27-19-15-11-7-3,68-47-39-62(40-48-68)28-20-16-12-8-4)82-52-70(98-88(76)82)50-78-84(64(57-93)58-94)72-30-22-24-32-74(72)86(78)96/h21-24,29-54H,5-20,25-28H2,1-4H3/b77-49+,78-50?. The van der Waals surface area contributed by atoms with E-state index in [0.29, 0.717) is 44.5 Å². The van der Waals surface area contributed by atoms with Crippen molar-refractivity contribution in [1.29, 1.82) is 21.0 Å². The van der Waals surface area contributed by atoms with Crippen LogP contribution in [0.25, 0.3) is 44.2 Å². The van der Waals surface area contributed by atoms with E-state index in [1.54, 1.807) is 34.8 Å². The summed E-state index contributed by atoms with van der Waals surface area (Å²) in [6, 6.07) is 70.3. The lowest BCUT2D eigenvalue weighted by atomic mass is 9.65. The number of thiophene rings is 2. The van der Waals surface area contributed by atoms with Crippen molar-refractivity contribution < 1.29 is 9.59 Å². The van der Waals surface area contributed by atoms with Gasteiger partial charge in [0.2, 0.25) is 0 Å². The summed E-state index contributed by atoms with van der Waals surface area (Å²) in [5.41, 5.74) is 17.9. The quantitative estimate of drug-likeness (QED) is 0.0302. The van der Waals surface area contributed by atoms with Crippen LogP contribution in [-0.4, -0.2) is 11.6 Å². The molecule has 4 aliphatic carbocycles. The predicted molar refractivity (Wildman–Crippen MR) is 402 cm³/mol. The maximum absolute atomic E-state index is 14.8. The summed E-state index contributed by atoms with van der Waals surface area (Å²) in [5, 5.41) is 42.1. The molecule has 486 valence electrons. The van der Waals surface area contributed by atoms with Gasteiger partial charge in [0, 0.05) is 52.9 Å². The fraction of sp³-hybridized carbons (Fsp3) is 0.289. The van der Waals surface area contributed by atoms with Crippen LogP contribution in [0.2, 0.25) is 0 Å². The highest BCUT2D eigenvalue weighted by molar-refractivity contribution is 7.17. The first-order valence-corrected chi connectivity index (χ1v) is 37.4. The van der Waals surface area contributed by atoms with Gasteiger partial charge in [-0.1, -0.05) is 250 Å². The van der Waals surface area contributed by atoms with Crippen molar-refractivity contribution in [3.8, 4) is 45.2 Å². The van der Waals surface area contributed by atoms with Crippen LogP contribution in [0.1, 0.15) is 239 Å². The molecule has 2 aromatic heterocycles. The number of hydrogen-bond acceptors (Lipinski definition) is 8. The van der Waals surface area contributed by atoms with Crippen LogP contribution in [0, 0.1) is 45.3 Å². The van der Waals surface area contributed by atoms with E-state index in [0.717, 1.165) is 127 Å². The number of benzene rings is 7. The van der Waals surface area contributed by atoms with Crippen molar-refractivity contribution in [2.24, 2.45) is 0 Å². The summed E-state index contributed by atoms with van der Waals surface area (Å²) in [6.07, 6.45) is 26.4. The second-order valence-electron chi connectivity index (χ2n) is 27.1. The molecular formula is C90H82N4O2S2. The molecule has 6 nitrogen and oxygen atoms in total. The van der Waals surface area contributed by atoms with E-state index < -0.39 is 10.8 Å². The molecule has 9 aromatic rings. The summed E-state index contributed by atoms with van der Waals surface area (Å²) in [6.45, 7) is 9.02. The molecule has 0 amide bonds. The van der Waals surface area contributed by atoms with Gasteiger partial charge in [-0.15, -0.1) is 22.7 Å². The lowest BCUT2D eigenvalue weighted by Crippen LogP contribution is -2.30. The van der Waals surface area contributed by atoms with E-state index in [1.165, 1.54) is 99.3 Å². The molecule has 0 unspecified atom stereocenters. The molecule has 0 atom stereocenters. The van der Waals surface area contributed by atoms with E-state index in [1.807, 2.05) is 48.6 Å². The molecule has 0 N–H and O–H groups in total. The minimum atomic E-state index is -0.890. The van der Waals surface area contributed by atoms with E-state index in [9.17, 15) is 30.6 Å². The third-order valence-corrected chi connectivity index (χ3v) is 23.3. The second kappa shape index (κ2) is 29.5. The van der Waals surface area contributed by atoms with E-state index in [-0.39, 0.29) is 22.7 Å². The molecule has 0 spiro atoms. The summed E-state index contributed by atoms with van der Waals surface area (Å²) in [7, 11) is 0. The molecule has 4 aliphatic rings. The number of unbranched alkanes of at least 4 members (excludes halogenated alkanes) is 12. The SMILES string of the molecule is CCCCCCc1ccc(C2(c3ccc(CCCCCC)cc3)c3cc4c(cc3-c3sc(C=C5C(=O)c6ccccc6C5=C(C#N)C#N)cc32)C(c2ccc(CCCCCC)cc2)(c2ccc(CCCCCC)cc2)c2cc(/C=C3/C(=O)c5ccccc5C3=C(C#N)C#N)sc2-4)cc1. The maximum Gasteiger partial charge on any atom is 0.194 e. The van der Waals surface area contributed by atoms with E-state index >= 15 is 0 Å². The number of rotatable bonds is 26. The van der Waals surface area contributed by atoms with Crippen molar-refractivity contribution in [2.45, 2.75) is 167 Å². The Hall–Kier alpha value is -9.80. The van der Waals surface area contributed by atoms with Gasteiger partial charge in [-0.3, -0.25) is 9.59 Å². The molecule has 98 heavy (non-hydrogen) atoms. The zero-order chi connectivity index (χ0) is 67.9. The largest absolute Gasteiger partial charge is 0.289 e. The Balaban J connectivity index is 1.11. The number of nitrogens with zero attached hydrogens (tertiary/aromatic N) is 4. The average Bonchev–Trinajstić information content (AvgIpc) is 1.50. The van der Waals surface area contributed by atoms with Gasteiger partial charge in [0.25, 0.3) is 0 Å². The molecule has 13 rings (SSSR count). The van der Waals surface area contributed by atoms with Gasteiger partial charge in [0.15, 0.2) is 11.6 Å². The Morgan fingerprint density at radius 3 is 0.908 bits per heavy atom. The Labute approximate surface area is 587 Å². The fourth-order valence-electron chi connectivity index (χ4n) is 16.1. The average molecular weight is 1320 g/mol. The third-order valence-electron chi connectivity index (χ3n) is 21.0. The van der Waals surface area contributed by atoms with Crippen LogP contribution in [0.15, 0.2) is 192 Å². The predicted octanol–water partition coefficient (Wildman–Crippen LogP) is 23.2. The van der Waals surface area contributed by atoms with Gasteiger partial charge in [-0.25, -0.2) is 0 Å². The number of Topliss-reactive ketones (excluding diaryl/α,β-unsaturated/α-hetero) is 2. The highest BCUT2D eigenvalue weighted by Crippen LogP contribution is 2.66. The summed E-state index contributed by atoms with van der Waals surface area (Å²) >= 11 is 3.31. The molecule has 2 heterocycles. The van der Waals surface area contributed by atoms with Crippen LogP contribution < -0.4 is 0 Å². The van der Waals surface area contributed by atoms with Gasteiger partial charge in [0.05, 0.1) is 10.8 Å². The van der Waals surface area contributed by atoms with Crippen LogP contribution in [0.5, 0.6) is 0 Å². The minimum Gasteiger partial charge on any atom is -0.289 e. The van der Waals surface area contributed by atoms with Crippen molar-refractivity contribution in [3.63, 3.8) is 0 Å². The number of carbonyl (C=O) groups is 2. The summed E-state index contributed by atoms with van der Waals surface area (Å²) < 4.78 is 0. The number of fused-ring (bicyclic) bond motifs is 8. The molecule has 0 saturated carbocycles. The number of ketones is 2. The fourth-order valence-corrected chi connectivity index (χ4v) is 18.5. The van der Waals surface area contributed by atoms with Crippen molar-refractivity contribution in [1.82, 2.24) is 0 Å². The van der Waals surface area contributed by atoms with Crippen molar-refractivity contribution >= 4 is 57.5 Å². The Bertz CT molecular complexity index is 4410. The Morgan fingerprint density at radius 2 is 0.633 bits per heavy atom. The zero-order valence-electron chi connectivity index (χ0n) is 56.9. The maximum atomic E-state index is 14.8. The van der Waals surface area contributed by atoms with Gasteiger partial charge in [0.1, 0.15) is 35.4 Å². The first kappa shape index (κ1) is 66.8. The van der Waals surface area contributed by atoms with Crippen LogP contribution >= 0.6 is 22.7 Å². The van der Waals surface area contributed by atoms with Crippen LogP contribution in [0.3, 0.4) is 0 Å². The van der Waals surface area contributed by atoms with E-state index in [4.69, 9.17) is 0 Å². The topological polar surface area (TPSA) is 129 Å².